The molecule has 1 aromatic heterocycles. The lowest BCUT2D eigenvalue weighted by Gasteiger charge is -2.25. The summed E-state index contributed by atoms with van der Waals surface area (Å²) >= 11 is 0. The lowest BCUT2D eigenvalue weighted by Crippen LogP contribution is -2.13. The lowest BCUT2D eigenvalue weighted by molar-refractivity contribution is 0.277. The second-order valence-electron chi connectivity index (χ2n) is 7.13. The van der Waals surface area contributed by atoms with Gasteiger partial charge in [-0.2, -0.15) is 10.2 Å². The Morgan fingerprint density at radius 2 is 1.71 bits per heavy atom. The third-order valence-electron chi connectivity index (χ3n) is 5.22. The standard InChI is InChI=1S/C20H24F2N2/c1-13-3-6-15(7-4-13)8-9-16-10-12-18(24-23-16)17-11-5-14(2)19(21)20(17)22/h5,10-13,15H,3-4,6-9H2,1-2H3. The van der Waals surface area contributed by atoms with Crippen molar-refractivity contribution in [2.75, 3.05) is 0 Å². The van der Waals surface area contributed by atoms with Gasteiger partial charge >= 0.3 is 0 Å². The number of benzene rings is 1. The SMILES string of the molecule is Cc1ccc(-c2ccc(CCC3CCC(C)CC3)nn2)c(F)c1F. The van der Waals surface area contributed by atoms with E-state index in [0.29, 0.717) is 11.3 Å². The Bertz CT molecular complexity index is 690. The molecule has 0 saturated heterocycles. The highest BCUT2D eigenvalue weighted by molar-refractivity contribution is 5.60. The Kier molecular flexibility index (Phi) is 5.22. The van der Waals surface area contributed by atoms with E-state index in [9.17, 15) is 8.78 Å². The van der Waals surface area contributed by atoms with Gasteiger partial charge in [-0.3, -0.25) is 0 Å². The predicted octanol–water partition coefficient (Wildman–Crippen LogP) is 5.49. The first-order valence-electron chi connectivity index (χ1n) is 8.82. The van der Waals surface area contributed by atoms with E-state index in [1.165, 1.54) is 25.7 Å². The fraction of sp³-hybridized carbons (Fsp3) is 0.500. The van der Waals surface area contributed by atoms with Gasteiger partial charge in [0.25, 0.3) is 0 Å². The van der Waals surface area contributed by atoms with Crippen LogP contribution >= 0.6 is 0 Å². The molecule has 128 valence electrons. The first-order valence-corrected chi connectivity index (χ1v) is 8.82. The fourth-order valence-electron chi connectivity index (χ4n) is 3.45. The minimum atomic E-state index is -0.853. The summed E-state index contributed by atoms with van der Waals surface area (Å²) in [6.45, 7) is 3.87. The van der Waals surface area contributed by atoms with Gasteiger partial charge in [0.05, 0.1) is 11.4 Å². The Morgan fingerprint density at radius 1 is 0.958 bits per heavy atom. The van der Waals surface area contributed by atoms with E-state index in [-0.39, 0.29) is 5.56 Å². The molecule has 2 aromatic rings. The van der Waals surface area contributed by atoms with Gasteiger partial charge in [-0.15, -0.1) is 0 Å². The van der Waals surface area contributed by atoms with Crippen LogP contribution in [-0.2, 0) is 6.42 Å². The third kappa shape index (κ3) is 3.80. The van der Waals surface area contributed by atoms with Gasteiger partial charge in [0.2, 0.25) is 0 Å². The van der Waals surface area contributed by atoms with Crippen molar-refractivity contribution in [2.24, 2.45) is 11.8 Å². The average molecular weight is 330 g/mol. The number of aromatic nitrogens is 2. The molecule has 2 nitrogen and oxygen atoms in total. The van der Waals surface area contributed by atoms with E-state index < -0.39 is 11.6 Å². The normalized spacial score (nSPS) is 21.0. The highest BCUT2D eigenvalue weighted by Gasteiger charge is 2.18. The van der Waals surface area contributed by atoms with E-state index in [1.54, 1.807) is 25.1 Å². The van der Waals surface area contributed by atoms with E-state index in [0.717, 1.165) is 30.4 Å². The minimum absolute atomic E-state index is 0.165. The molecule has 1 aliphatic carbocycles. The smallest absolute Gasteiger partial charge is 0.168 e. The average Bonchev–Trinajstić information content (AvgIpc) is 2.60. The van der Waals surface area contributed by atoms with Crippen molar-refractivity contribution in [2.45, 2.75) is 52.4 Å². The molecule has 0 amide bonds. The Hall–Kier alpha value is -1.84. The van der Waals surface area contributed by atoms with Gasteiger partial charge < -0.3 is 0 Å². The molecule has 4 heteroatoms. The molecule has 1 fully saturated rings. The molecule has 1 heterocycles. The van der Waals surface area contributed by atoms with Crippen LogP contribution < -0.4 is 0 Å². The Balaban J connectivity index is 1.64. The molecule has 1 aliphatic rings. The predicted molar refractivity (Wildman–Crippen MR) is 91.6 cm³/mol. The lowest BCUT2D eigenvalue weighted by atomic mass is 9.81. The van der Waals surface area contributed by atoms with E-state index in [1.807, 2.05) is 6.07 Å². The van der Waals surface area contributed by atoms with Crippen molar-refractivity contribution < 1.29 is 8.78 Å². The molecular formula is C20H24F2N2. The molecule has 0 N–H and O–H groups in total. The zero-order valence-corrected chi connectivity index (χ0v) is 14.4. The second-order valence-corrected chi connectivity index (χ2v) is 7.13. The van der Waals surface area contributed by atoms with Crippen LogP contribution in [0.15, 0.2) is 24.3 Å². The summed E-state index contributed by atoms with van der Waals surface area (Å²) in [5.41, 5.74) is 1.76. The first kappa shape index (κ1) is 17.0. The zero-order valence-electron chi connectivity index (χ0n) is 14.4. The van der Waals surface area contributed by atoms with Gasteiger partial charge in [-0.25, -0.2) is 8.78 Å². The summed E-state index contributed by atoms with van der Waals surface area (Å²) in [5, 5.41) is 8.31. The highest BCUT2D eigenvalue weighted by atomic mass is 19.2. The Labute approximate surface area is 142 Å². The molecule has 1 aromatic carbocycles. The second kappa shape index (κ2) is 7.37. The van der Waals surface area contributed by atoms with Gasteiger partial charge in [-0.1, -0.05) is 38.7 Å². The topological polar surface area (TPSA) is 25.8 Å². The van der Waals surface area contributed by atoms with Crippen molar-refractivity contribution in [3.05, 3.63) is 47.2 Å². The summed E-state index contributed by atoms with van der Waals surface area (Å²) in [5.74, 6) is -0.0188. The zero-order chi connectivity index (χ0) is 17.1. The molecule has 0 unspecified atom stereocenters. The molecule has 1 saturated carbocycles. The van der Waals surface area contributed by atoms with Gasteiger partial charge in [-0.05, 0) is 55.4 Å². The molecule has 3 rings (SSSR count). The number of hydrogen-bond donors (Lipinski definition) is 0. The number of rotatable bonds is 4. The van der Waals surface area contributed by atoms with Gasteiger partial charge in [0, 0.05) is 5.56 Å². The molecule has 0 spiro atoms. The largest absolute Gasteiger partial charge is 0.203 e. The monoisotopic (exact) mass is 330 g/mol. The van der Waals surface area contributed by atoms with Gasteiger partial charge in [0.1, 0.15) is 0 Å². The summed E-state index contributed by atoms with van der Waals surface area (Å²) in [6.07, 6.45) is 7.30. The van der Waals surface area contributed by atoms with E-state index in [4.69, 9.17) is 0 Å². The molecule has 0 bridgehead atoms. The highest BCUT2D eigenvalue weighted by Crippen LogP contribution is 2.31. The van der Waals surface area contributed by atoms with Crippen molar-refractivity contribution in [1.82, 2.24) is 10.2 Å². The van der Waals surface area contributed by atoms with Crippen LogP contribution in [-0.4, -0.2) is 10.2 Å². The van der Waals surface area contributed by atoms with Crippen LogP contribution in [0.5, 0.6) is 0 Å². The van der Waals surface area contributed by atoms with Crippen LogP contribution in [0.25, 0.3) is 11.3 Å². The number of nitrogens with zero attached hydrogens (tertiary/aromatic N) is 2. The maximum Gasteiger partial charge on any atom is 0.168 e. The molecule has 24 heavy (non-hydrogen) atoms. The maximum atomic E-state index is 14.0. The van der Waals surface area contributed by atoms with Crippen molar-refractivity contribution >= 4 is 0 Å². The Morgan fingerprint density at radius 3 is 2.38 bits per heavy atom. The van der Waals surface area contributed by atoms with Crippen LogP contribution in [0.3, 0.4) is 0 Å². The summed E-state index contributed by atoms with van der Waals surface area (Å²) in [7, 11) is 0. The number of halogens is 2. The summed E-state index contributed by atoms with van der Waals surface area (Å²) < 4.78 is 27.7. The fourth-order valence-corrected chi connectivity index (χ4v) is 3.45. The molecule has 0 aliphatic heterocycles. The molecule has 0 atom stereocenters. The minimum Gasteiger partial charge on any atom is -0.203 e. The van der Waals surface area contributed by atoms with Crippen LogP contribution in [0.2, 0.25) is 0 Å². The van der Waals surface area contributed by atoms with Gasteiger partial charge in [0.15, 0.2) is 11.6 Å². The third-order valence-corrected chi connectivity index (χ3v) is 5.22. The van der Waals surface area contributed by atoms with Crippen LogP contribution in [0.1, 0.15) is 50.3 Å². The first-order chi connectivity index (χ1) is 11.5. The van der Waals surface area contributed by atoms with Crippen molar-refractivity contribution in [3.8, 4) is 11.3 Å². The van der Waals surface area contributed by atoms with E-state index in [2.05, 4.69) is 17.1 Å². The van der Waals surface area contributed by atoms with E-state index >= 15 is 0 Å². The summed E-state index contributed by atoms with van der Waals surface area (Å²) in [4.78, 5) is 0. The van der Waals surface area contributed by atoms with Crippen LogP contribution in [0.4, 0.5) is 8.78 Å². The quantitative estimate of drug-likeness (QED) is 0.741. The summed E-state index contributed by atoms with van der Waals surface area (Å²) in [6, 6.07) is 6.73. The van der Waals surface area contributed by atoms with Crippen molar-refractivity contribution in [1.29, 1.82) is 0 Å². The number of aryl methyl sites for hydroxylation is 2. The molecule has 0 radical (unpaired) electrons. The van der Waals surface area contributed by atoms with Crippen LogP contribution in [0, 0.1) is 30.4 Å². The van der Waals surface area contributed by atoms with Crippen molar-refractivity contribution in [3.63, 3.8) is 0 Å². The number of hydrogen-bond acceptors (Lipinski definition) is 2. The maximum absolute atomic E-state index is 14.0. The molecular weight excluding hydrogens is 306 g/mol.